The monoisotopic (exact) mass is 262 g/mol. The molecule has 3 N–H and O–H groups in total. The zero-order chi connectivity index (χ0) is 13.7. The number of anilines is 1. The minimum atomic E-state index is 0.0615. The largest absolute Gasteiger partial charge is 0.384 e. The standard InChI is InChI=1S/C14H22N4O/c1-11(19)16-9-12-5-7-18(8-6-12)10-13-3-2-4-14(15)17-13/h2-4,12H,5-10H2,1H3,(H2,15,17)(H,16,19). The number of hydrogen-bond acceptors (Lipinski definition) is 4. The number of nitrogens with two attached hydrogens (primary N) is 1. The maximum atomic E-state index is 10.9. The minimum absolute atomic E-state index is 0.0615. The molecule has 1 aliphatic heterocycles. The third-order valence-corrected chi connectivity index (χ3v) is 3.56. The highest BCUT2D eigenvalue weighted by molar-refractivity contribution is 5.72. The molecule has 0 atom stereocenters. The first-order chi connectivity index (χ1) is 9.13. The van der Waals surface area contributed by atoms with Gasteiger partial charge < -0.3 is 11.1 Å². The molecule has 2 heterocycles. The highest BCUT2D eigenvalue weighted by Crippen LogP contribution is 2.18. The predicted octanol–water partition coefficient (Wildman–Crippen LogP) is 1.01. The normalized spacial score (nSPS) is 17.3. The third-order valence-electron chi connectivity index (χ3n) is 3.56. The fourth-order valence-corrected chi connectivity index (χ4v) is 2.45. The van der Waals surface area contributed by atoms with E-state index in [9.17, 15) is 4.79 Å². The van der Waals surface area contributed by atoms with Gasteiger partial charge in [0.05, 0.1) is 5.69 Å². The van der Waals surface area contributed by atoms with Crippen LogP contribution in [0, 0.1) is 5.92 Å². The average molecular weight is 262 g/mol. The van der Waals surface area contributed by atoms with Crippen LogP contribution in [0.5, 0.6) is 0 Å². The van der Waals surface area contributed by atoms with Crippen molar-refractivity contribution in [1.82, 2.24) is 15.2 Å². The van der Waals surface area contributed by atoms with E-state index in [0.29, 0.717) is 11.7 Å². The van der Waals surface area contributed by atoms with Crippen molar-refractivity contribution in [2.24, 2.45) is 5.92 Å². The van der Waals surface area contributed by atoms with Crippen molar-refractivity contribution in [2.75, 3.05) is 25.4 Å². The summed E-state index contributed by atoms with van der Waals surface area (Å²) in [6.07, 6.45) is 2.26. The summed E-state index contributed by atoms with van der Waals surface area (Å²) >= 11 is 0. The number of piperidine rings is 1. The molecular weight excluding hydrogens is 240 g/mol. The molecule has 19 heavy (non-hydrogen) atoms. The molecular formula is C14H22N4O. The lowest BCUT2D eigenvalue weighted by molar-refractivity contribution is -0.119. The Labute approximate surface area is 114 Å². The summed E-state index contributed by atoms with van der Waals surface area (Å²) in [6.45, 7) is 5.35. The van der Waals surface area contributed by atoms with Gasteiger partial charge in [0.2, 0.25) is 5.91 Å². The van der Waals surface area contributed by atoms with Crippen LogP contribution in [0.1, 0.15) is 25.5 Å². The first-order valence-corrected chi connectivity index (χ1v) is 6.81. The number of amides is 1. The fourth-order valence-electron chi connectivity index (χ4n) is 2.45. The van der Waals surface area contributed by atoms with Gasteiger partial charge in [-0.3, -0.25) is 9.69 Å². The lowest BCUT2D eigenvalue weighted by Crippen LogP contribution is -2.38. The Kier molecular flexibility index (Phi) is 4.74. The molecule has 0 spiro atoms. The third kappa shape index (κ3) is 4.52. The molecule has 2 rings (SSSR count). The van der Waals surface area contributed by atoms with Crippen molar-refractivity contribution < 1.29 is 4.79 Å². The van der Waals surface area contributed by atoms with Gasteiger partial charge in [-0.05, 0) is 44.0 Å². The zero-order valence-electron chi connectivity index (χ0n) is 11.4. The van der Waals surface area contributed by atoms with E-state index in [-0.39, 0.29) is 5.91 Å². The topological polar surface area (TPSA) is 71.2 Å². The van der Waals surface area contributed by atoms with Gasteiger partial charge in [-0.1, -0.05) is 6.07 Å². The predicted molar refractivity (Wildman–Crippen MR) is 75.3 cm³/mol. The Hall–Kier alpha value is -1.62. The minimum Gasteiger partial charge on any atom is -0.384 e. The van der Waals surface area contributed by atoms with E-state index in [1.165, 1.54) is 0 Å². The zero-order valence-corrected chi connectivity index (χ0v) is 11.4. The van der Waals surface area contributed by atoms with E-state index < -0.39 is 0 Å². The number of hydrogen-bond donors (Lipinski definition) is 2. The first kappa shape index (κ1) is 13.8. The lowest BCUT2D eigenvalue weighted by atomic mass is 9.96. The first-order valence-electron chi connectivity index (χ1n) is 6.81. The summed E-state index contributed by atoms with van der Waals surface area (Å²) < 4.78 is 0. The molecule has 0 bridgehead atoms. The van der Waals surface area contributed by atoms with Crippen molar-refractivity contribution in [2.45, 2.75) is 26.3 Å². The molecule has 1 amide bonds. The van der Waals surface area contributed by atoms with Gasteiger partial charge in [0.15, 0.2) is 0 Å². The van der Waals surface area contributed by atoms with Gasteiger partial charge in [-0.2, -0.15) is 0 Å². The van der Waals surface area contributed by atoms with Crippen LogP contribution in [-0.2, 0) is 11.3 Å². The molecule has 1 aromatic rings. The molecule has 0 saturated carbocycles. The van der Waals surface area contributed by atoms with E-state index in [1.54, 1.807) is 6.92 Å². The SMILES string of the molecule is CC(=O)NCC1CCN(Cc2cccc(N)n2)CC1. The number of pyridine rings is 1. The number of carbonyl (C=O) groups excluding carboxylic acids is 1. The van der Waals surface area contributed by atoms with Crippen molar-refractivity contribution in [3.05, 3.63) is 23.9 Å². The summed E-state index contributed by atoms with van der Waals surface area (Å²) in [6, 6.07) is 5.77. The molecule has 5 heteroatoms. The van der Waals surface area contributed by atoms with Crippen molar-refractivity contribution >= 4 is 11.7 Å². The van der Waals surface area contributed by atoms with Crippen LogP contribution in [0.4, 0.5) is 5.82 Å². The Morgan fingerprint density at radius 1 is 1.47 bits per heavy atom. The molecule has 0 unspecified atom stereocenters. The highest BCUT2D eigenvalue weighted by atomic mass is 16.1. The fraction of sp³-hybridized carbons (Fsp3) is 0.571. The van der Waals surface area contributed by atoms with Crippen molar-refractivity contribution in [3.63, 3.8) is 0 Å². The van der Waals surface area contributed by atoms with E-state index in [4.69, 9.17) is 5.73 Å². The van der Waals surface area contributed by atoms with Crippen LogP contribution in [0.25, 0.3) is 0 Å². The van der Waals surface area contributed by atoms with Crippen molar-refractivity contribution in [1.29, 1.82) is 0 Å². The molecule has 1 saturated heterocycles. The molecule has 0 aliphatic carbocycles. The van der Waals surface area contributed by atoms with Crippen LogP contribution < -0.4 is 11.1 Å². The summed E-state index contributed by atoms with van der Waals surface area (Å²) in [7, 11) is 0. The van der Waals surface area contributed by atoms with Crippen LogP contribution in [-0.4, -0.2) is 35.4 Å². The second-order valence-electron chi connectivity index (χ2n) is 5.21. The van der Waals surface area contributed by atoms with Crippen molar-refractivity contribution in [3.8, 4) is 0 Å². The Morgan fingerprint density at radius 3 is 2.84 bits per heavy atom. The molecule has 5 nitrogen and oxygen atoms in total. The maximum absolute atomic E-state index is 10.9. The van der Waals surface area contributed by atoms with Gasteiger partial charge in [0.1, 0.15) is 5.82 Å². The van der Waals surface area contributed by atoms with Gasteiger partial charge in [0.25, 0.3) is 0 Å². The second kappa shape index (κ2) is 6.52. The van der Waals surface area contributed by atoms with Crippen LogP contribution in [0.2, 0.25) is 0 Å². The Balaban J connectivity index is 1.75. The van der Waals surface area contributed by atoms with E-state index >= 15 is 0 Å². The molecule has 1 aliphatic rings. The quantitative estimate of drug-likeness (QED) is 0.849. The summed E-state index contributed by atoms with van der Waals surface area (Å²) in [5.74, 6) is 1.25. The van der Waals surface area contributed by atoms with E-state index in [2.05, 4.69) is 15.2 Å². The van der Waals surface area contributed by atoms with Gasteiger partial charge in [-0.15, -0.1) is 0 Å². The number of likely N-dealkylation sites (tertiary alicyclic amines) is 1. The number of carbonyl (C=O) groups is 1. The van der Waals surface area contributed by atoms with Crippen LogP contribution in [0.15, 0.2) is 18.2 Å². The highest BCUT2D eigenvalue weighted by Gasteiger charge is 2.19. The number of nitrogens with zero attached hydrogens (tertiary/aromatic N) is 2. The number of nitrogen functional groups attached to an aromatic ring is 1. The Bertz CT molecular complexity index is 427. The number of rotatable bonds is 4. The van der Waals surface area contributed by atoms with Gasteiger partial charge in [0, 0.05) is 20.0 Å². The molecule has 104 valence electrons. The summed E-state index contributed by atoms with van der Waals surface area (Å²) in [5, 5.41) is 2.90. The molecule has 1 aromatic heterocycles. The van der Waals surface area contributed by atoms with E-state index in [1.807, 2.05) is 18.2 Å². The summed E-state index contributed by atoms with van der Waals surface area (Å²) in [5.41, 5.74) is 6.71. The molecule has 1 fully saturated rings. The maximum Gasteiger partial charge on any atom is 0.216 e. The smallest absolute Gasteiger partial charge is 0.216 e. The number of nitrogens with one attached hydrogen (secondary N) is 1. The summed E-state index contributed by atoms with van der Waals surface area (Å²) in [4.78, 5) is 17.6. The van der Waals surface area contributed by atoms with Gasteiger partial charge >= 0.3 is 0 Å². The van der Waals surface area contributed by atoms with Gasteiger partial charge in [-0.25, -0.2) is 4.98 Å². The van der Waals surface area contributed by atoms with Crippen LogP contribution in [0.3, 0.4) is 0 Å². The Morgan fingerprint density at radius 2 is 2.21 bits per heavy atom. The average Bonchev–Trinajstić information content (AvgIpc) is 2.38. The molecule has 0 aromatic carbocycles. The second-order valence-corrected chi connectivity index (χ2v) is 5.21. The molecule has 0 radical (unpaired) electrons. The lowest BCUT2D eigenvalue weighted by Gasteiger charge is -2.31. The number of aromatic nitrogens is 1. The van der Waals surface area contributed by atoms with Crippen LogP contribution >= 0.6 is 0 Å². The van der Waals surface area contributed by atoms with E-state index in [0.717, 1.165) is 44.7 Å².